The van der Waals surface area contributed by atoms with Crippen LogP contribution in [0.15, 0.2) is 48.8 Å². The van der Waals surface area contributed by atoms with E-state index in [1.165, 1.54) is 0 Å². The standard InChI is InChI=1S/C17H20N8/c1-14(16-18-8-5-9-19-16)23-10-12-24(13-11-23)17-20-21-22-25(17)15-6-3-2-4-7-15/h2-9,14H,10-13H2,1H3. The van der Waals surface area contributed by atoms with Crippen molar-refractivity contribution in [1.82, 2.24) is 35.1 Å². The highest BCUT2D eigenvalue weighted by Gasteiger charge is 2.26. The van der Waals surface area contributed by atoms with Crippen molar-refractivity contribution in [2.45, 2.75) is 13.0 Å². The van der Waals surface area contributed by atoms with E-state index < -0.39 is 0 Å². The summed E-state index contributed by atoms with van der Waals surface area (Å²) in [6, 6.07) is 12.0. The SMILES string of the molecule is CC(c1ncccn1)N1CCN(c2nnnn2-c2ccccc2)CC1. The van der Waals surface area contributed by atoms with Crippen LogP contribution in [0.25, 0.3) is 5.69 Å². The van der Waals surface area contributed by atoms with Gasteiger partial charge in [-0.15, -0.1) is 0 Å². The number of rotatable bonds is 4. The Bertz CT molecular complexity index is 796. The first-order valence-electron chi connectivity index (χ1n) is 8.42. The van der Waals surface area contributed by atoms with Gasteiger partial charge in [-0.05, 0) is 35.5 Å². The number of piperazine rings is 1. The van der Waals surface area contributed by atoms with E-state index in [1.54, 1.807) is 17.1 Å². The van der Waals surface area contributed by atoms with E-state index in [0.29, 0.717) is 0 Å². The van der Waals surface area contributed by atoms with Crippen molar-refractivity contribution in [2.24, 2.45) is 0 Å². The van der Waals surface area contributed by atoms with Gasteiger partial charge in [0, 0.05) is 38.6 Å². The Morgan fingerprint density at radius 2 is 1.64 bits per heavy atom. The maximum absolute atomic E-state index is 4.37. The summed E-state index contributed by atoms with van der Waals surface area (Å²) in [6.07, 6.45) is 3.59. The maximum atomic E-state index is 4.37. The molecule has 2 aromatic heterocycles. The molecule has 3 aromatic rings. The fraction of sp³-hybridized carbons (Fsp3) is 0.353. The summed E-state index contributed by atoms with van der Waals surface area (Å²) in [5.74, 6) is 1.65. The van der Waals surface area contributed by atoms with Gasteiger partial charge < -0.3 is 4.90 Å². The predicted octanol–water partition coefficient (Wildman–Crippen LogP) is 1.34. The van der Waals surface area contributed by atoms with Crippen LogP contribution in [-0.4, -0.2) is 61.3 Å². The molecule has 1 atom stereocenters. The normalized spacial score (nSPS) is 16.8. The minimum absolute atomic E-state index is 0.202. The highest BCUT2D eigenvalue weighted by molar-refractivity contribution is 5.40. The van der Waals surface area contributed by atoms with Crippen LogP contribution in [0.4, 0.5) is 5.95 Å². The number of aromatic nitrogens is 6. The summed E-state index contributed by atoms with van der Waals surface area (Å²) in [7, 11) is 0. The molecule has 1 saturated heterocycles. The minimum atomic E-state index is 0.202. The van der Waals surface area contributed by atoms with E-state index in [9.17, 15) is 0 Å². The van der Waals surface area contributed by atoms with Gasteiger partial charge in [0.2, 0.25) is 5.95 Å². The lowest BCUT2D eigenvalue weighted by Crippen LogP contribution is -2.48. The van der Waals surface area contributed by atoms with E-state index in [1.807, 2.05) is 36.4 Å². The third-order valence-corrected chi connectivity index (χ3v) is 4.56. The number of nitrogens with zero attached hydrogens (tertiary/aromatic N) is 8. The van der Waals surface area contributed by atoms with Gasteiger partial charge in [0.15, 0.2) is 0 Å². The molecule has 128 valence electrons. The van der Waals surface area contributed by atoms with Crippen molar-refractivity contribution in [3.63, 3.8) is 0 Å². The Labute approximate surface area is 146 Å². The summed E-state index contributed by atoms with van der Waals surface area (Å²) in [6.45, 7) is 5.72. The van der Waals surface area contributed by atoms with Gasteiger partial charge >= 0.3 is 0 Å². The van der Waals surface area contributed by atoms with Gasteiger partial charge in [0.25, 0.3) is 0 Å². The Hall–Kier alpha value is -2.87. The van der Waals surface area contributed by atoms with Crippen LogP contribution in [-0.2, 0) is 0 Å². The molecular formula is C17H20N8. The van der Waals surface area contributed by atoms with Crippen molar-refractivity contribution in [3.05, 3.63) is 54.6 Å². The molecule has 1 aromatic carbocycles. The molecule has 25 heavy (non-hydrogen) atoms. The average molecular weight is 336 g/mol. The van der Waals surface area contributed by atoms with Crippen LogP contribution < -0.4 is 4.90 Å². The molecule has 0 radical (unpaired) electrons. The fourth-order valence-electron chi connectivity index (χ4n) is 3.11. The Morgan fingerprint density at radius 3 is 2.36 bits per heavy atom. The number of benzene rings is 1. The molecule has 1 fully saturated rings. The van der Waals surface area contributed by atoms with E-state index in [0.717, 1.165) is 43.6 Å². The Balaban J connectivity index is 1.46. The monoisotopic (exact) mass is 336 g/mol. The second kappa shape index (κ2) is 6.94. The second-order valence-electron chi connectivity index (χ2n) is 6.03. The van der Waals surface area contributed by atoms with E-state index >= 15 is 0 Å². The van der Waals surface area contributed by atoms with Crippen LogP contribution in [0.1, 0.15) is 18.8 Å². The molecule has 0 N–H and O–H groups in total. The lowest BCUT2D eigenvalue weighted by atomic mass is 10.2. The smallest absolute Gasteiger partial charge is 0.250 e. The fourth-order valence-corrected chi connectivity index (χ4v) is 3.11. The van der Waals surface area contributed by atoms with Gasteiger partial charge in [0.05, 0.1) is 11.7 Å². The van der Waals surface area contributed by atoms with Gasteiger partial charge in [-0.1, -0.05) is 23.3 Å². The summed E-state index contributed by atoms with van der Waals surface area (Å²) in [5, 5.41) is 12.2. The summed E-state index contributed by atoms with van der Waals surface area (Å²) in [4.78, 5) is 13.4. The molecule has 3 heterocycles. The molecule has 0 aliphatic carbocycles. The van der Waals surface area contributed by atoms with Gasteiger partial charge in [-0.25, -0.2) is 9.97 Å². The van der Waals surface area contributed by atoms with Crippen LogP contribution in [0.3, 0.4) is 0 Å². The molecule has 0 bridgehead atoms. The topological polar surface area (TPSA) is 75.9 Å². The molecular weight excluding hydrogens is 316 g/mol. The van der Waals surface area contributed by atoms with Gasteiger partial charge in [-0.2, -0.15) is 4.68 Å². The molecule has 1 aliphatic heterocycles. The van der Waals surface area contributed by atoms with E-state index in [-0.39, 0.29) is 6.04 Å². The van der Waals surface area contributed by atoms with Gasteiger partial charge in [0.1, 0.15) is 5.82 Å². The van der Waals surface area contributed by atoms with Crippen molar-refractivity contribution < 1.29 is 0 Å². The van der Waals surface area contributed by atoms with E-state index in [4.69, 9.17) is 0 Å². The summed E-state index contributed by atoms with van der Waals surface area (Å²) >= 11 is 0. The lowest BCUT2D eigenvalue weighted by Gasteiger charge is -2.37. The number of anilines is 1. The zero-order chi connectivity index (χ0) is 17.1. The molecule has 1 aliphatic rings. The quantitative estimate of drug-likeness (QED) is 0.711. The molecule has 8 heteroatoms. The maximum Gasteiger partial charge on any atom is 0.250 e. The minimum Gasteiger partial charge on any atom is -0.337 e. The van der Waals surface area contributed by atoms with Crippen LogP contribution in [0.5, 0.6) is 0 Å². The molecule has 8 nitrogen and oxygen atoms in total. The number of hydrogen-bond donors (Lipinski definition) is 0. The van der Waals surface area contributed by atoms with Crippen molar-refractivity contribution >= 4 is 5.95 Å². The van der Waals surface area contributed by atoms with E-state index in [2.05, 4.69) is 42.2 Å². The molecule has 4 rings (SSSR count). The van der Waals surface area contributed by atoms with Crippen LogP contribution in [0, 0.1) is 0 Å². The lowest BCUT2D eigenvalue weighted by molar-refractivity contribution is 0.190. The number of tetrazole rings is 1. The molecule has 0 amide bonds. The summed E-state index contributed by atoms with van der Waals surface area (Å²) < 4.78 is 1.79. The van der Waals surface area contributed by atoms with Crippen molar-refractivity contribution in [1.29, 1.82) is 0 Å². The molecule has 1 unspecified atom stereocenters. The van der Waals surface area contributed by atoms with Gasteiger partial charge in [-0.3, -0.25) is 4.90 Å². The average Bonchev–Trinajstić information content (AvgIpc) is 3.19. The second-order valence-corrected chi connectivity index (χ2v) is 6.03. The third kappa shape index (κ3) is 3.20. The highest BCUT2D eigenvalue weighted by Crippen LogP contribution is 2.21. The Morgan fingerprint density at radius 1 is 0.920 bits per heavy atom. The number of hydrogen-bond acceptors (Lipinski definition) is 7. The largest absolute Gasteiger partial charge is 0.337 e. The first kappa shape index (κ1) is 15.6. The van der Waals surface area contributed by atoms with Crippen LogP contribution in [0.2, 0.25) is 0 Å². The zero-order valence-corrected chi connectivity index (χ0v) is 14.1. The zero-order valence-electron chi connectivity index (χ0n) is 14.1. The highest BCUT2D eigenvalue weighted by atomic mass is 15.6. The summed E-state index contributed by atoms with van der Waals surface area (Å²) in [5.41, 5.74) is 0.969. The van der Waals surface area contributed by atoms with Crippen molar-refractivity contribution in [2.75, 3.05) is 31.1 Å². The van der Waals surface area contributed by atoms with Crippen LogP contribution >= 0.6 is 0 Å². The number of para-hydroxylation sites is 1. The molecule has 0 spiro atoms. The predicted molar refractivity (Wildman–Crippen MR) is 93.4 cm³/mol. The third-order valence-electron chi connectivity index (χ3n) is 4.56. The first-order chi connectivity index (χ1) is 12.3. The molecule has 0 saturated carbocycles. The van der Waals surface area contributed by atoms with Crippen molar-refractivity contribution in [3.8, 4) is 5.69 Å². The first-order valence-corrected chi connectivity index (χ1v) is 8.42. The Kier molecular flexibility index (Phi) is 4.34.